The number of aromatic amines is 1. The van der Waals surface area contributed by atoms with Crippen LogP contribution in [0.15, 0.2) is 72.9 Å². The maximum atomic E-state index is 14.0. The molecule has 1 saturated heterocycles. The Hall–Kier alpha value is -3.67. The summed E-state index contributed by atoms with van der Waals surface area (Å²) in [5.41, 5.74) is 3.87. The van der Waals surface area contributed by atoms with Crippen LogP contribution in [0.1, 0.15) is 12.0 Å². The zero-order valence-corrected chi connectivity index (χ0v) is 17.8. The number of aromatic nitrogens is 2. The Labute approximate surface area is 186 Å². The van der Waals surface area contributed by atoms with Crippen LogP contribution in [-0.2, 0) is 11.2 Å². The molecule has 0 atom stereocenters. The number of halogens is 1. The third-order valence-electron chi connectivity index (χ3n) is 6.13. The molecule has 1 amide bonds. The zero-order valence-electron chi connectivity index (χ0n) is 17.8. The lowest BCUT2D eigenvalue weighted by Crippen LogP contribution is -2.49. The van der Waals surface area contributed by atoms with Gasteiger partial charge in [-0.05, 0) is 47.9 Å². The van der Waals surface area contributed by atoms with Crippen LogP contribution in [0.4, 0.5) is 10.2 Å². The molecule has 0 saturated carbocycles. The average Bonchev–Trinajstić information content (AvgIpc) is 3.21. The van der Waals surface area contributed by atoms with Gasteiger partial charge < -0.3 is 14.8 Å². The summed E-state index contributed by atoms with van der Waals surface area (Å²) in [7, 11) is 0. The molecule has 0 radical (unpaired) electrons. The molecule has 3 heterocycles. The second-order valence-corrected chi connectivity index (χ2v) is 8.09. The summed E-state index contributed by atoms with van der Waals surface area (Å²) < 4.78 is 14.0. The van der Waals surface area contributed by atoms with Gasteiger partial charge in [0, 0.05) is 55.4 Å². The molecule has 1 aliphatic heterocycles. The molecule has 162 valence electrons. The highest BCUT2D eigenvalue weighted by Crippen LogP contribution is 2.32. The number of fused-ring (bicyclic) bond motifs is 1. The van der Waals surface area contributed by atoms with Crippen molar-refractivity contribution in [2.24, 2.45) is 0 Å². The molecular weight excluding hydrogens is 403 g/mol. The molecule has 6 heteroatoms. The Balaban J connectivity index is 1.31. The van der Waals surface area contributed by atoms with Gasteiger partial charge in [0.05, 0.1) is 0 Å². The van der Waals surface area contributed by atoms with Crippen LogP contribution in [0.3, 0.4) is 0 Å². The van der Waals surface area contributed by atoms with Gasteiger partial charge >= 0.3 is 0 Å². The summed E-state index contributed by atoms with van der Waals surface area (Å²) in [6, 6.07) is 20.7. The van der Waals surface area contributed by atoms with Gasteiger partial charge in [-0.3, -0.25) is 4.79 Å². The Kier molecular flexibility index (Phi) is 5.58. The Morgan fingerprint density at radius 1 is 0.969 bits per heavy atom. The number of nitrogens with zero attached hydrogens (tertiary/aromatic N) is 3. The second kappa shape index (κ2) is 8.83. The van der Waals surface area contributed by atoms with Crippen molar-refractivity contribution in [3.8, 4) is 11.3 Å². The molecule has 1 aliphatic rings. The van der Waals surface area contributed by atoms with Crippen molar-refractivity contribution >= 4 is 22.6 Å². The summed E-state index contributed by atoms with van der Waals surface area (Å²) in [4.78, 5) is 25.0. The number of hydrogen-bond donors (Lipinski definition) is 1. The smallest absolute Gasteiger partial charge is 0.223 e. The summed E-state index contributed by atoms with van der Waals surface area (Å²) in [6.07, 6.45) is 2.75. The van der Waals surface area contributed by atoms with Gasteiger partial charge in [-0.25, -0.2) is 9.37 Å². The van der Waals surface area contributed by atoms with E-state index in [-0.39, 0.29) is 11.7 Å². The van der Waals surface area contributed by atoms with E-state index in [0.717, 1.165) is 46.6 Å². The normalized spacial score (nSPS) is 14.2. The highest BCUT2D eigenvalue weighted by molar-refractivity contribution is 5.91. The highest BCUT2D eigenvalue weighted by Gasteiger charge is 2.23. The van der Waals surface area contributed by atoms with Crippen LogP contribution < -0.4 is 4.90 Å². The average molecular weight is 429 g/mol. The van der Waals surface area contributed by atoms with Crippen molar-refractivity contribution < 1.29 is 9.18 Å². The third kappa shape index (κ3) is 4.08. The van der Waals surface area contributed by atoms with Crippen molar-refractivity contribution in [1.82, 2.24) is 14.9 Å². The molecule has 0 spiro atoms. The lowest BCUT2D eigenvalue weighted by Gasteiger charge is -2.35. The van der Waals surface area contributed by atoms with Crippen LogP contribution in [0.5, 0.6) is 0 Å². The van der Waals surface area contributed by atoms with Crippen LogP contribution >= 0.6 is 0 Å². The molecule has 5 rings (SSSR count). The van der Waals surface area contributed by atoms with E-state index in [1.54, 1.807) is 18.3 Å². The number of H-pyrrole nitrogens is 1. The number of rotatable bonds is 5. The first-order valence-electron chi connectivity index (χ1n) is 11.0. The fourth-order valence-corrected chi connectivity index (χ4v) is 4.45. The predicted molar refractivity (Wildman–Crippen MR) is 125 cm³/mol. The Bertz CT molecular complexity index is 1210. The quantitative estimate of drug-likeness (QED) is 0.503. The molecule has 1 fully saturated rings. The predicted octanol–water partition coefficient (Wildman–Crippen LogP) is 4.65. The lowest BCUT2D eigenvalue weighted by molar-refractivity contribution is -0.131. The number of carbonyl (C=O) groups excluding carboxylic acids is 1. The van der Waals surface area contributed by atoms with Gasteiger partial charge in [0.15, 0.2) is 0 Å². The highest BCUT2D eigenvalue weighted by atomic mass is 19.1. The largest absolute Gasteiger partial charge is 0.354 e. The monoisotopic (exact) mass is 428 g/mol. The fraction of sp³-hybridized carbons (Fsp3) is 0.231. The summed E-state index contributed by atoms with van der Waals surface area (Å²) >= 11 is 0. The van der Waals surface area contributed by atoms with Crippen molar-refractivity contribution in [3.63, 3.8) is 0 Å². The molecule has 2 aromatic heterocycles. The number of nitrogens with one attached hydrogen (secondary N) is 1. The molecule has 5 nitrogen and oxygen atoms in total. The molecular formula is C26H25FN4O. The second-order valence-electron chi connectivity index (χ2n) is 8.09. The number of piperazine rings is 1. The summed E-state index contributed by atoms with van der Waals surface area (Å²) in [5.74, 6) is 0.817. The third-order valence-corrected chi connectivity index (χ3v) is 6.13. The first-order valence-corrected chi connectivity index (χ1v) is 11.0. The van der Waals surface area contributed by atoms with E-state index < -0.39 is 0 Å². The first-order chi connectivity index (χ1) is 15.7. The van der Waals surface area contributed by atoms with E-state index >= 15 is 0 Å². The molecule has 0 aliphatic carbocycles. The topological polar surface area (TPSA) is 52.2 Å². The van der Waals surface area contributed by atoms with Gasteiger partial charge in [-0.15, -0.1) is 0 Å². The minimum absolute atomic E-state index is 0.135. The Morgan fingerprint density at radius 2 is 1.75 bits per heavy atom. The van der Waals surface area contributed by atoms with E-state index in [1.165, 1.54) is 6.07 Å². The number of carbonyl (C=O) groups is 1. The van der Waals surface area contributed by atoms with Crippen LogP contribution in [0, 0.1) is 5.82 Å². The number of amides is 1. The molecule has 1 N–H and O–H groups in total. The molecule has 4 aromatic rings. The number of hydrogen-bond acceptors (Lipinski definition) is 3. The van der Waals surface area contributed by atoms with Crippen LogP contribution in [0.25, 0.3) is 22.2 Å². The van der Waals surface area contributed by atoms with Gasteiger partial charge in [0.2, 0.25) is 5.91 Å². The molecule has 2 aromatic carbocycles. The fourth-order valence-electron chi connectivity index (χ4n) is 4.45. The van der Waals surface area contributed by atoms with Gasteiger partial charge in [-0.2, -0.15) is 0 Å². The van der Waals surface area contributed by atoms with E-state index in [9.17, 15) is 9.18 Å². The summed E-state index contributed by atoms with van der Waals surface area (Å²) in [5, 5.41) is 0.844. The van der Waals surface area contributed by atoms with Crippen LogP contribution in [-0.4, -0.2) is 47.0 Å². The summed E-state index contributed by atoms with van der Waals surface area (Å²) in [6.45, 7) is 2.92. The van der Waals surface area contributed by atoms with Crippen molar-refractivity contribution in [3.05, 3.63) is 84.3 Å². The first kappa shape index (κ1) is 20.2. The van der Waals surface area contributed by atoms with E-state index in [4.69, 9.17) is 0 Å². The molecule has 32 heavy (non-hydrogen) atoms. The van der Waals surface area contributed by atoms with Gasteiger partial charge in [0.25, 0.3) is 0 Å². The maximum Gasteiger partial charge on any atom is 0.223 e. The lowest BCUT2D eigenvalue weighted by atomic mass is 10.0. The SMILES string of the molecule is O=C(CCc1c(-c2ccccc2)[nH]c2ccc(F)cc12)N1CCN(c2ccccn2)CC1. The molecule has 0 unspecified atom stereocenters. The van der Waals surface area contributed by atoms with E-state index in [2.05, 4.69) is 14.9 Å². The minimum atomic E-state index is -0.269. The van der Waals surface area contributed by atoms with E-state index in [0.29, 0.717) is 25.9 Å². The number of anilines is 1. The molecule has 0 bridgehead atoms. The zero-order chi connectivity index (χ0) is 21.9. The van der Waals surface area contributed by atoms with Gasteiger partial charge in [0.1, 0.15) is 11.6 Å². The maximum absolute atomic E-state index is 14.0. The van der Waals surface area contributed by atoms with Crippen LogP contribution in [0.2, 0.25) is 0 Å². The Morgan fingerprint density at radius 3 is 2.50 bits per heavy atom. The van der Waals surface area contributed by atoms with E-state index in [1.807, 2.05) is 53.4 Å². The van der Waals surface area contributed by atoms with Gasteiger partial charge in [-0.1, -0.05) is 36.4 Å². The van der Waals surface area contributed by atoms with Crippen molar-refractivity contribution in [2.45, 2.75) is 12.8 Å². The number of pyridine rings is 1. The number of benzene rings is 2. The number of aryl methyl sites for hydroxylation is 1. The minimum Gasteiger partial charge on any atom is -0.354 e. The van der Waals surface area contributed by atoms with Crippen molar-refractivity contribution in [1.29, 1.82) is 0 Å². The standard InChI is InChI=1S/C26H25FN4O/c27-20-9-11-23-22(18-20)21(26(29-23)19-6-2-1-3-7-19)10-12-25(32)31-16-14-30(15-17-31)24-8-4-5-13-28-24/h1-9,11,13,18,29H,10,12,14-17H2. The van der Waals surface area contributed by atoms with Crippen molar-refractivity contribution in [2.75, 3.05) is 31.1 Å².